The van der Waals surface area contributed by atoms with Gasteiger partial charge in [0.15, 0.2) is 0 Å². The van der Waals surface area contributed by atoms with Crippen molar-refractivity contribution in [1.29, 1.82) is 0 Å². The first-order chi connectivity index (χ1) is 9.49. The van der Waals surface area contributed by atoms with Gasteiger partial charge >= 0.3 is 5.97 Å². The zero-order chi connectivity index (χ0) is 14.7. The number of aryl methyl sites for hydroxylation is 1. The van der Waals surface area contributed by atoms with Crippen LogP contribution in [0.1, 0.15) is 41.7 Å². The summed E-state index contributed by atoms with van der Waals surface area (Å²) in [5.41, 5.74) is 0.198. The monoisotopic (exact) mass is 278 g/mol. The fraction of sp³-hybridized carbons (Fsp3) is 0.500. The summed E-state index contributed by atoms with van der Waals surface area (Å²) in [6.07, 6.45) is 3.56. The Hall–Kier alpha value is -2.11. The van der Waals surface area contributed by atoms with Crippen LogP contribution in [0, 0.1) is 6.92 Å². The molecule has 6 heteroatoms. The third-order valence-electron chi connectivity index (χ3n) is 3.62. The number of pyridine rings is 1. The van der Waals surface area contributed by atoms with Crippen molar-refractivity contribution in [3.63, 3.8) is 0 Å². The van der Waals surface area contributed by atoms with Crippen molar-refractivity contribution >= 4 is 11.9 Å². The first-order valence-electron chi connectivity index (χ1n) is 6.71. The van der Waals surface area contributed by atoms with Crippen LogP contribution in [0.4, 0.5) is 0 Å². The van der Waals surface area contributed by atoms with E-state index in [0.29, 0.717) is 5.69 Å². The minimum absolute atomic E-state index is 0.00347. The average molecular weight is 278 g/mol. The normalized spacial score (nSPS) is 15.2. The Morgan fingerprint density at radius 1 is 1.35 bits per heavy atom. The van der Waals surface area contributed by atoms with E-state index < -0.39 is 17.4 Å². The molecule has 1 aromatic heterocycles. The van der Waals surface area contributed by atoms with Gasteiger partial charge in [0.2, 0.25) is 0 Å². The lowest BCUT2D eigenvalue weighted by molar-refractivity contribution is -0.138. The smallest absolute Gasteiger partial charge is 0.323 e. The number of hydrogen-bond acceptors (Lipinski definition) is 3. The quantitative estimate of drug-likeness (QED) is 0.864. The number of carboxylic acids is 1. The highest BCUT2D eigenvalue weighted by molar-refractivity contribution is 5.95. The molecule has 6 nitrogen and oxygen atoms in total. The van der Waals surface area contributed by atoms with Crippen LogP contribution < -0.4 is 5.56 Å². The molecule has 0 atom stereocenters. The highest BCUT2D eigenvalue weighted by Gasteiger charge is 2.30. The number of carbonyl (C=O) groups excluding carboxylic acids is 1. The van der Waals surface area contributed by atoms with Crippen LogP contribution in [-0.4, -0.2) is 39.5 Å². The standard InChI is InChI=1S/C14H18N2O4/c1-9-6-7-11(13(19)15-9)14(20)16(8-12(17)18)10-4-2-3-5-10/h6-7,10H,2-5,8H2,1H3,(H,15,19)(H,17,18). The summed E-state index contributed by atoms with van der Waals surface area (Å²) in [6.45, 7) is 1.36. The zero-order valence-electron chi connectivity index (χ0n) is 11.4. The molecule has 1 aliphatic carbocycles. The Kier molecular flexibility index (Phi) is 4.22. The number of aliphatic carboxylic acids is 1. The number of hydrogen-bond donors (Lipinski definition) is 2. The molecule has 0 radical (unpaired) electrons. The number of rotatable bonds is 4. The lowest BCUT2D eigenvalue weighted by Crippen LogP contribution is -2.44. The number of nitrogens with zero attached hydrogens (tertiary/aromatic N) is 1. The Morgan fingerprint density at radius 2 is 2.00 bits per heavy atom. The average Bonchev–Trinajstić information content (AvgIpc) is 2.88. The van der Waals surface area contributed by atoms with E-state index in [-0.39, 0.29) is 18.2 Å². The number of aromatic amines is 1. The lowest BCUT2D eigenvalue weighted by atomic mass is 10.1. The molecule has 0 unspecified atom stereocenters. The fourth-order valence-corrected chi connectivity index (χ4v) is 2.62. The van der Waals surface area contributed by atoms with Crippen LogP contribution in [0.15, 0.2) is 16.9 Å². The highest BCUT2D eigenvalue weighted by atomic mass is 16.4. The van der Waals surface area contributed by atoms with Gasteiger partial charge in [-0.15, -0.1) is 0 Å². The van der Waals surface area contributed by atoms with Gasteiger partial charge in [-0.05, 0) is 31.9 Å². The number of aromatic nitrogens is 1. The van der Waals surface area contributed by atoms with Crippen LogP contribution in [0.3, 0.4) is 0 Å². The second kappa shape index (κ2) is 5.90. The minimum atomic E-state index is -1.06. The molecule has 1 aliphatic rings. The zero-order valence-corrected chi connectivity index (χ0v) is 11.4. The molecule has 1 fully saturated rings. The summed E-state index contributed by atoms with van der Waals surface area (Å²) in [5.74, 6) is -1.56. The Morgan fingerprint density at radius 3 is 2.55 bits per heavy atom. The van der Waals surface area contributed by atoms with Crippen LogP contribution in [-0.2, 0) is 4.79 Å². The molecule has 2 N–H and O–H groups in total. The second-order valence-corrected chi connectivity index (χ2v) is 5.15. The maximum Gasteiger partial charge on any atom is 0.323 e. The van der Waals surface area contributed by atoms with Gasteiger partial charge in [-0.3, -0.25) is 14.4 Å². The molecule has 0 aliphatic heterocycles. The Labute approximate surface area is 116 Å². The number of H-pyrrole nitrogens is 1. The summed E-state index contributed by atoms with van der Waals surface area (Å²) in [5, 5.41) is 8.97. The van der Waals surface area contributed by atoms with Crippen molar-refractivity contribution in [2.75, 3.05) is 6.54 Å². The summed E-state index contributed by atoms with van der Waals surface area (Å²) in [7, 11) is 0. The fourth-order valence-electron chi connectivity index (χ4n) is 2.62. The van der Waals surface area contributed by atoms with Crippen molar-refractivity contribution < 1.29 is 14.7 Å². The topological polar surface area (TPSA) is 90.5 Å². The van der Waals surface area contributed by atoms with Gasteiger partial charge in [-0.1, -0.05) is 12.8 Å². The minimum Gasteiger partial charge on any atom is -0.480 e. The van der Waals surface area contributed by atoms with Gasteiger partial charge < -0.3 is 15.0 Å². The number of amides is 1. The van der Waals surface area contributed by atoms with Gasteiger partial charge in [0.1, 0.15) is 12.1 Å². The van der Waals surface area contributed by atoms with Gasteiger partial charge in [0.25, 0.3) is 11.5 Å². The van der Waals surface area contributed by atoms with Crippen molar-refractivity contribution in [3.05, 3.63) is 33.7 Å². The first-order valence-corrected chi connectivity index (χ1v) is 6.71. The van der Waals surface area contributed by atoms with Crippen LogP contribution >= 0.6 is 0 Å². The van der Waals surface area contributed by atoms with E-state index in [1.165, 1.54) is 11.0 Å². The van der Waals surface area contributed by atoms with Crippen LogP contribution in [0.25, 0.3) is 0 Å². The Bertz CT molecular complexity index is 573. The van der Waals surface area contributed by atoms with E-state index in [2.05, 4.69) is 4.98 Å². The van der Waals surface area contributed by atoms with E-state index in [4.69, 9.17) is 5.11 Å². The molecule has 2 rings (SSSR count). The van der Waals surface area contributed by atoms with Gasteiger partial charge in [-0.2, -0.15) is 0 Å². The molecule has 1 amide bonds. The van der Waals surface area contributed by atoms with Gasteiger partial charge in [0, 0.05) is 11.7 Å². The lowest BCUT2D eigenvalue weighted by Gasteiger charge is -2.27. The SMILES string of the molecule is Cc1ccc(C(=O)N(CC(=O)O)C2CCCC2)c(=O)[nH]1. The molecule has 1 heterocycles. The number of carbonyl (C=O) groups is 2. The molecule has 108 valence electrons. The number of nitrogens with one attached hydrogen (secondary N) is 1. The molecule has 1 aromatic rings. The molecule has 0 spiro atoms. The highest BCUT2D eigenvalue weighted by Crippen LogP contribution is 2.24. The van der Waals surface area contributed by atoms with Gasteiger partial charge in [-0.25, -0.2) is 0 Å². The summed E-state index contributed by atoms with van der Waals surface area (Å²) >= 11 is 0. The predicted molar refractivity (Wildman–Crippen MR) is 72.7 cm³/mol. The van der Waals surface area contributed by atoms with Crippen molar-refractivity contribution in [2.45, 2.75) is 38.6 Å². The van der Waals surface area contributed by atoms with E-state index in [1.54, 1.807) is 13.0 Å². The molecule has 1 saturated carbocycles. The maximum absolute atomic E-state index is 12.4. The molecule has 0 aromatic carbocycles. The summed E-state index contributed by atoms with van der Waals surface area (Å²) in [6, 6.07) is 3.02. The molecular formula is C14H18N2O4. The van der Waals surface area contributed by atoms with Crippen molar-refractivity contribution in [3.8, 4) is 0 Å². The van der Waals surface area contributed by atoms with Crippen molar-refractivity contribution in [1.82, 2.24) is 9.88 Å². The van der Waals surface area contributed by atoms with Crippen LogP contribution in [0.5, 0.6) is 0 Å². The third-order valence-corrected chi connectivity index (χ3v) is 3.62. The van der Waals surface area contributed by atoms with E-state index in [0.717, 1.165) is 25.7 Å². The maximum atomic E-state index is 12.4. The first kappa shape index (κ1) is 14.3. The van der Waals surface area contributed by atoms with E-state index >= 15 is 0 Å². The largest absolute Gasteiger partial charge is 0.480 e. The van der Waals surface area contributed by atoms with Crippen LogP contribution in [0.2, 0.25) is 0 Å². The molecule has 20 heavy (non-hydrogen) atoms. The molecular weight excluding hydrogens is 260 g/mol. The van der Waals surface area contributed by atoms with E-state index in [1.807, 2.05) is 0 Å². The summed E-state index contributed by atoms with van der Waals surface area (Å²) < 4.78 is 0. The Balaban J connectivity index is 2.29. The van der Waals surface area contributed by atoms with Crippen molar-refractivity contribution in [2.24, 2.45) is 0 Å². The number of carboxylic acid groups (broad SMARTS) is 1. The second-order valence-electron chi connectivity index (χ2n) is 5.15. The summed E-state index contributed by atoms with van der Waals surface area (Å²) in [4.78, 5) is 39.1. The van der Waals surface area contributed by atoms with E-state index in [9.17, 15) is 14.4 Å². The molecule has 0 saturated heterocycles. The predicted octanol–water partition coefficient (Wildman–Crippen LogP) is 1.15. The van der Waals surface area contributed by atoms with Gasteiger partial charge in [0.05, 0.1) is 0 Å². The molecule has 0 bridgehead atoms. The third kappa shape index (κ3) is 3.07.